The monoisotopic (exact) mass is 638 g/mol. The van der Waals surface area contributed by atoms with Crippen molar-refractivity contribution < 1.29 is 33.3 Å². The second-order valence-corrected chi connectivity index (χ2v) is 11.2. The van der Waals surface area contributed by atoms with Crippen LogP contribution in [0.2, 0.25) is 0 Å². The Balaban J connectivity index is 1.40. The maximum absolute atomic E-state index is 13.5. The third-order valence-electron chi connectivity index (χ3n) is 7.75. The van der Waals surface area contributed by atoms with Crippen LogP contribution in [0.4, 0.5) is 0 Å². The summed E-state index contributed by atoms with van der Waals surface area (Å²) in [5.41, 5.74) is 1.76. The normalized spacial score (nSPS) is 19.0. The van der Waals surface area contributed by atoms with Gasteiger partial charge >= 0.3 is 29.3 Å². The van der Waals surface area contributed by atoms with Crippen molar-refractivity contribution in [2.24, 2.45) is 0 Å². The van der Waals surface area contributed by atoms with Gasteiger partial charge in [0, 0.05) is 12.4 Å². The number of hydrogen-bond donors (Lipinski definition) is 1. The van der Waals surface area contributed by atoms with Gasteiger partial charge in [-0.25, -0.2) is 37.9 Å². The number of aromatic amines is 1. The molecular formula is C34H30N4O9. The molecule has 13 nitrogen and oxygen atoms in total. The molecule has 0 spiro atoms. The minimum atomic E-state index is -1.47. The Morgan fingerprint density at radius 3 is 1.74 bits per heavy atom. The van der Waals surface area contributed by atoms with Crippen LogP contribution in [0, 0.1) is 20.8 Å². The molecule has 2 aromatic heterocycles. The van der Waals surface area contributed by atoms with E-state index in [4.69, 9.17) is 18.9 Å². The number of imidazole rings is 1. The van der Waals surface area contributed by atoms with Crippen LogP contribution in [-0.4, -0.2) is 61.8 Å². The molecule has 0 radical (unpaired) electrons. The lowest BCUT2D eigenvalue weighted by atomic mass is 10.1. The van der Waals surface area contributed by atoms with E-state index in [1.54, 1.807) is 72.8 Å². The van der Waals surface area contributed by atoms with Gasteiger partial charge in [0.2, 0.25) is 5.78 Å². The van der Waals surface area contributed by atoms with Crippen LogP contribution in [0.1, 0.15) is 54.0 Å². The standard InChI is InChI=1S/C34H30N4O9/c1-19-4-10-22(11-5-19)29(39)44-18-25-26(46-30(40)23-12-6-20(2)7-13-23)27(47-31(41)24-14-8-21(3)9-15-24)28(45-25)38-32-35-16-17-37(32)33(42)36-34(38)43/h4-17,25-28H,18H2,1-3H3,(H,36,42,43)/t25-,26-,27-,28-/m1/s1. The van der Waals surface area contributed by atoms with E-state index in [0.717, 1.165) is 25.7 Å². The minimum Gasteiger partial charge on any atom is -0.459 e. The highest BCUT2D eigenvalue weighted by atomic mass is 16.7. The summed E-state index contributed by atoms with van der Waals surface area (Å²) >= 11 is 0. The number of nitrogens with zero attached hydrogens (tertiary/aromatic N) is 3. The summed E-state index contributed by atoms with van der Waals surface area (Å²) in [7, 11) is 0. The molecule has 13 heteroatoms. The van der Waals surface area contributed by atoms with Crippen molar-refractivity contribution in [1.82, 2.24) is 18.9 Å². The number of nitrogens with one attached hydrogen (secondary N) is 1. The summed E-state index contributed by atoms with van der Waals surface area (Å²) in [6.45, 7) is 5.15. The fourth-order valence-electron chi connectivity index (χ4n) is 5.18. The van der Waals surface area contributed by atoms with E-state index in [1.807, 2.05) is 20.8 Å². The molecule has 1 aliphatic heterocycles. The average Bonchev–Trinajstić information content (AvgIpc) is 3.67. The second kappa shape index (κ2) is 12.9. The van der Waals surface area contributed by atoms with E-state index < -0.39 is 60.4 Å². The Kier molecular flexibility index (Phi) is 8.55. The molecule has 0 bridgehead atoms. The predicted octanol–water partition coefficient (Wildman–Crippen LogP) is 3.32. The van der Waals surface area contributed by atoms with Crippen LogP contribution in [0.25, 0.3) is 5.78 Å². The highest BCUT2D eigenvalue weighted by molar-refractivity contribution is 5.91. The minimum absolute atomic E-state index is 0.124. The van der Waals surface area contributed by atoms with Gasteiger partial charge in [0.25, 0.3) is 0 Å². The van der Waals surface area contributed by atoms with Crippen LogP contribution < -0.4 is 11.4 Å². The third kappa shape index (κ3) is 6.47. The van der Waals surface area contributed by atoms with Crippen LogP contribution in [0.15, 0.2) is 94.8 Å². The zero-order valence-electron chi connectivity index (χ0n) is 25.6. The smallest absolute Gasteiger partial charge is 0.338 e. The van der Waals surface area contributed by atoms with Crippen molar-refractivity contribution in [2.75, 3.05) is 6.61 Å². The number of aromatic nitrogens is 4. The van der Waals surface area contributed by atoms with Gasteiger partial charge < -0.3 is 18.9 Å². The highest BCUT2D eigenvalue weighted by Crippen LogP contribution is 2.35. The molecule has 1 aliphatic rings. The summed E-state index contributed by atoms with van der Waals surface area (Å²) < 4.78 is 25.8. The maximum atomic E-state index is 13.5. The average molecular weight is 639 g/mol. The van der Waals surface area contributed by atoms with Crippen molar-refractivity contribution >= 4 is 23.7 Å². The highest BCUT2D eigenvalue weighted by Gasteiger charge is 2.52. The molecule has 1 N–H and O–H groups in total. The van der Waals surface area contributed by atoms with Gasteiger partial charge in [-0.15, -0.1) is 0 Å². The fraction of sp³-hybridized carbons (Fsp3) is 0.235. The SMILES string of the molecule is Cc1ccc(C(=O)OC[C@H]2O[C@@H](n3c(=O)[nH]c(=O)n4ccnc34)[C@H](OC(=O)c3ccc(C)cc3)[C@@H]2OC(=O)c2ccc(C)cc2)cc1. The van der Waals surface area contributed by atoms with Crippen molar-refractivity contribution in [1.29, 1.82) is 0 Å². The summed E-state index contributed by atoms with van der Waals surface area (Å²) in [5, 5.41) is 0. The zero-order chi connectivity index (χ0) is 33.2. The van der Waals surface area contributed by atoms with E-state index in [1.165, 1.54) is 12.4 Å². The molecule has 3 aromatic carbocycles. The van der Waals surface area contributed by atoms with Crippen molar-refractivity contribution in [2.45, 2.75) is 45.3 Å². The van der Waals surface area contributed by atoms with Crippen molar-refractivity contribution in [3.63, 3.8) is 0 Å². The lowest BCUT2D eigenvalue weighted by Gasteiger charge is -2.25. The first-order valence-electron chi connectivity index (χ1n) is 14.7. The van der Waals surface area contributed by atoms with Gasteiger partial charge in [0.15, 0.2) is 18.4 Å². The number of carbonyl (C=O) groups excluding carboxylic acids is 3. The Morgan fingerprint density at radius 2 is 1.21 bits per heavy atom. The number of aryl methyl sites for hydroxylation is 3. The van der Waals surface area contributed by atoms with Gasteiger partial charge in [-0.05, 0) is 57.2 Å². The molecule has 0 amide bonds. The Labute approximate surface area is 267 Å². The van der Waals surface area contributed by atoms with Crippen LogP contribution in [0.5, 0.6) is 0 Å². The van der Waals surface area contributed by atoms with Gasteiger partial charge in [-0.2, -0.15) is 0 Å². The third-order valence-corrected chi connectivity index (χ3v) is 7.75. The van der Waals surface area contributed by atoms with Gasteiger partial charge in [-0.3, -0.25) is 4.98 Å². The first-order valence-corrected chi connectivity index (χ1v) is 14.7. The number of ether oxygens (including phenoxy) is 4. The summed E-state index contributed by atoms with van der Waals surface area (Å²) in [6, 6.07) is 19.9. The predicted molar refractivity (Wildman–Crippen MR) is 166 cm³/mol. The lowest BCUT2D eigenvalue weighted by Crippen LogP contribution is -2.44. The first kappa shape index (κ1) is 31.2. The van der Waals surface area contributed by atoms with Crippen molar-refractivity contribution in [3.8, 4) is 0 Å². The molecule has 1 saturated heterocycles. The van der Waals surface area contributed by atoms with Crippen LogP contribution in [0.3, 0.4) is 0 Å². The number of fused-ring (bicyclic) bond motifs is 1. The largest absolute Gasteiger partial charge is 0.459 e. The van der Waals surface area contributed by atoms with Gasteiger partial charge in [-0.1, -0.05) is 53.1 Å². The molecule has 47 heavy (non-hydrogen) atoms. The van der Waals surface area contributed by atoms with Crippen LogP contribution in [-0.2, 0) is 18.9 Å². The molecule has 5 aromatic rings. The number of carbonyl (C=O) groups is 3. The summed E-state index contributed by atoms with van der Waals surface area (Å²) in [5.74, 6) is -2.37. The number of esters is 3. The first-order chi connectivity index (χ1) is 22.6. The number of benzene rings is 3. The number of rotatable bonds is 8. The van der Waals surface area contributed by atoms with E-state index in [2.05, 4.69) is 9.97 Å². The van der Waals surface area contributed by atoms with Crippen LogP contribution >= 0.6 is 0 Å². The van der Waals surface area contributed by atoms with Gasteiger partial charge in [0.05, 0.1) is 16.7 Å². The molecule has 0 saturated carbocycles. The molecule has 6 rings (SSSR count). The van der Waals surface area contributed by atoms with Gasteiger partial charge in [0.1, 0.15) is 12.7 Å². The summed E-state index contributed by atoms with van der Waals surface area (Å²) in [6.07, 6.45) is -2.92. The Hall–Kier alpha value is -5.82. The molecule has 240 valence electrons. The van der Waals surface area contributed by atoms with E-state index in [-0.39, 0.29) is 22.5 Å². The van der Waals surface area contributed by atoms with E-state index in [0.29, 0.717) is 0 Å². The molecule has 0 aliphatic carbocycles. The summed E-state index contributed by atoms with van der Waals surface area (Å²) in [4.78, 5) is 72.0. The Morgan fingerprint density at radius 1 is 0.723 bits per heavy atom. The van der Waals surface area contributed by atoms with E-state index >= 15 is 0 Å². The van der Waals surface area contributed by atoms with E-state index in [9.17, 15) is 24.0 Å². The molecule has 4 atom stereocenters. The molecule has 0 unspecified atom stereocenters. The fourth-order valence-corrected chi connectivity index (χ4v) is 5.18. The number of hydrogen-bond acceptors (Lipinski definition) is 10. The zero-order valence-corrected chi connectivity index (χ0v) is 25.6. The molecular weight excluding hydrogens is 608 g/mol. The lowest BCUT2D eigenvalue weighted by molar-refractivity contribution is -0.0627. The molecule has 3 heterocycles. The quantitative estimate of drug-likeness (QED) is 0.197. The maximum Gasteiger partial charge on any atom is 0.338 e. The topological polar surface area (TPSA) is 160 Å². The second-order valence-electron chi connectivity index (χ2n) is 11.2. The number of H-pyrrole nitrogens is 1. The van der Waals surface area contributed by atoms with Crippen molar-refractivity contribution in [3.05, 3.63) is 140 Å². The Bertz CT molecular complexity index is 2060. The molecule has 1 fully saturated rings.